The van der Waals surface area contributed by atoms with Crippen LogP contribution in [0.15, 0.2) is 18.2 Å². The highest BCUT2D eigenvalue weighted by atomic mass is 16.5. The Bertz CT molecular complexity index is 402. The highest BCUT2D eigenvalue weighted by Crippen LogP contribution is 2.30. The van der Waals surface area contributed by atoms with Crippen LogP contribution in [0.4, 0.5) is 5.69 Å². The lowest BCUT2D eigenvalue weighted by atomic mass is 10.2. The summed E-state index contributed by atoms with van der Waals surface area (Å²) in [6.45, 7) is 8.68. The van der Waals surface area contributed by atoms with Crippen molar-refractivity contribution in [3.05, 3.63) is 18.2 Å². The molecule has 100 valence electrons. The molecular formula is C14H21NO3. The Balaban J connectivity index is 2.88. The van der Waals surface area contributed by atoms with Crippen molar-refractivity contribution < 1.29 is 14.3 Å². The Labute approximate surface area is 108 Å². The van der Waals surface area contributed by atoms with Crippen LogP contribution in [0.1, 0.15) is 27.7 Å². The number of nitrogens with one attached hydrogen (secondary N) is 1. The van der Waals surface area contributed by atoms with Gasteiger partial charge in [0, 0.05) is 17.7 Å². The lowest BCUT2D eigenvalue weighted by Crippen LogP contribution is -2.17. The number of hydrogen-bond donors (Lipinski definition) is 1. The highest BCUT2D eigenvalue weighted by molar-refractivity contribution is 5.92. The van der Waals surface area contributed by atoms with E-state index < -0.39 is 0 Å². The molecule has 1 aromatic carbocycles. The first-order valence-electron chi connectivity index (χ1n) is 6.29. The third-order valence-corrected chi connectivity index (χ3v) is 2.34. The van der Waals surface area contributed by atoms with Crippen LogP contribution < -0.4 is 14.8 Å². The Morgan fingerprint density at radius 1 is 1.17 bits per heavy atom. The molecule has 4 heteroatoms. The van der Waals surface area contributed by atoms with E-state index in [9.17, 15) is 4.79 Å². The molecule has 0 radical (unpaired) electrons. The van der Waals surface area contributed by atoms with E-state index in [0.717, 1.165) is 5.69 Å². The molecule has 1 N–H and O–H groups in total. The highest BCUT2D eigenvalue weighted by Gasteiger charge is 2.10. The molecule has 18 heavy (non-hydrogen) atoms. The fourth-order valence-corrected chi connectivity index (χ4v) is 1.42. The predicted octanol–water partition coefficient (Wildman–Crippen LogP) is 3.08. The van der Waals surface area contributed by atoms with E-state index in [1.54, 1.807) is 6.07 Å². The minimum Gasteiger partial charge on any atom is -0.490 e. The van der Waals surface area contributed by atoms with E-state index >= 15 is 0 Å². The molecule has 0 unspecified atom stereocenters. The normalized spacial score (nSPS) is 10.3. The van der Waals surface area contributed by atoms with Gasteiger partial charge in [-0.1, -0.05) is 13.8 Å². The first-order chi connectivity index (χ1) is 8.58. The Morgan fingerprint density at radius 2 is 1.78 bits per heavy atom. The molecule has 0 aliphatic carbocycles. The molecule has 0 aliphatic rings. The van der Waals surface area contributed by atoms with Gasteiger partial charge in [0.2, 0.25) is 5.91 Å². The molecule has 4 nitrogen and oxygen atoms in total. The van der Waals surface area contributed by atoms with Crippen molar-refractivity contribution in [3.8, 4) is 11.5 Å². The molecule has 1 aromatic rings. The molecule has 0 aromatic heterocycles. The van der Waals surface area contributed by atoms with Crippen LogP contribution in [0.5, 0.6) is 11.5 Å². The largest absolute Gasteiger partial charge is 0.490 e. The summed E-state index contributed by atoms with van der Waals surface area (Å²) >= 11 is 0. The van der Waals surface area contributed by atoms with Gasteiger partial charge in [-0.3, -0.25) is 4.79 Å². The summed E-state index contributed by atoms with van der Waals surface area (Å²) in [6, 6.07) is 5.41. The van der Waals surface area contributed by atoms with Crippen molar-refractivity contribution in [1.82, 2.24) is 0 Å². The monoisotopic (exact) mass is 251 g/mol. The van der Waals surface area contributed by atoms with Gasteiger partial charge in [-0.25, -0.2) is 0 Å². The van der Waals surface area contributed by atoms with E-state index in [0.29, 0.717) is 24.7 Å². The maximum Gasteiger partial charge on any atom is 0.226 e. The maximum absolute atomic E-state index is 11.6. The fraction of sp³-hybridized carbons (Fsp3) is 0.500. The summed E-state index contributed by atoms with van der Waals surface area (Å²) in [4.78, 5) is 11.6. The third kappa shape index (κ3) is 3.95. The van der Waals surface area contributed by atoms with Crippen LogP contribution in [0, 0.1) is 5.92 Å². The molecule has 0 spiro atoms. The third-order valence-electron chi connectivity index (χ3n) is 2.34. The van der Waals surface area contributed by atoms with Gasteiger partial charge in [0.05, 0.1) is 13.2 Å². The van der Waals surface area contributed by atoms with Crippen LogP contribution in [-0.2, 0) is 4.79 Å². The summed E-state index contributed by atoms with van der Waals surface area (Å²) < 4.78 is 11.0. The van der Waals surface area contributed by atoms with Crippen LogP contribution in [0.2, 0.25) is 0 Å². The lowest BCUT2D eigenvalue weighted by Gasteiger charge is -2.13. The van der Waals surface area contributed by atoms with Gasteiger partial charge >= 0.3 is 0 Å². The zero-order valence-electron chi connectivity index (χ0n) is 11.4. The minimum absolute atomic E-state index is 0.0124. The number of benzene rings is 1. The second-order valence-corrected chi connectivity index (χ2v) is 4.17. The average Bonchev–Trinajstić information content (AvgIpc) is 2.33. The lowest BCUT2D eigenvalue weighted by molar-refractivity contribution is -0.118. The SMILES string of the molecule is CCOc1ccc(NC(=O)C(C)C)cc1OCC. The van der Waals surface area contributed by atoms with Gasteiger partial charge in [-0.2, -0.15) is 0 Å². The summed E-state index contributed by atoms with van der Waals surface area (Å²) in [5, 5.41) is 2.83. The zero-order chi connectivity index (χ0) is 13.5. The number of ether oxygens (including phenoxy) is 2. The van der Waals surface area contributed by atoms with Gasteiger partial charge in [0.25, 0.3) is 0 Å². The Kier molecular flexibility index (Phi) is 5.49. The molecule has 0 atom stereocenters. The van der Waals surface area contributed by atoms with Crippen molar-refractivity contribution in [2.45, 2.75) is 27.7 Å². The van der Waals surface area contributed by atoms with Crippen LogP contribution in [-0.4, -0.2) is 19.1 Å². The van der Waals surface area contributed by atoms with E-state index in [4.69, 9.17) is 9.47 Å². The summed E-state index contributed by atoms with van der Waals surface area (Å²) in [5.74, 6) is 1.29. The second kappa shape index (κ2) is 6.89. The quantitative estimate of drug-likeness (QED) is 0.845. The van der Waals surface area contributed by atoms with Crippen molar-refractivity contribution >= 4 is 11.6 Å². The van der Waals surface area contributed by atoms with E-state index in [-0.39, 0.29) is 11.8 Å². The van der Waals surface area contributed by atoms with Gasteiger partial charge in [0.15, 0.2) is 11.5 Å². The molecule has 0 bridgehead atoms. The maximum atomic E-state index is 11.6. The van der Waals surface area contributed by atoms with Crippen molar-refractivity contribution in [2.75, 3.05) is 18.5 Å². The number of carbonyl (C=O) groups excluding carboxylic acids is 1. The van der Waals surface area contributed by atoms with E-state index in [2.05, 4.69) is 5.32 Å². The number of rotatable bonds is 6. The molecule has 1 amide bonds. The molecule has 0 saturated carbocycles. The van der Waals surface area contributed by atoms with Gasteiger partial charge < -0.3 is 14.8 Å². The van der Waals surface area contributed by atoms with Crippen LogP contribution >= 0.6 is 0 Å². The number of anilines is 1. The molecular weight excluding hydrogens is 230 g/mol. The number of carbonyl (C=O) groups is 1. The molecule has 0 saturated heterocycles. The molecule has 0 heterocycles. The molecule has 0 fully saturated rings. The van der Waals surface area contributed by atoms with Crippen LogP contribution in [0.3, 0.4) is 0 Å². The molecule has 0 aliphatic heterocycles. The van der Waals surface area contributed by atoms with Crippen LogP contribution in [0.25, 0.3) is 0 Å². The fourth-order valence-electron chi connectivity index (χ4n) is 1.42. The van der Waals surface area contributed by atoms with E-state index in [1.807, 2.05) is 39.8 Å². The number of hydrogen-bond acceptors (Lipinski definition) is 3. The molecule has 1 rings (SSSR count). The first kappa shape index (κ1) is 14.4. The van der Waals surface area contributed by atoms with Gasteiger partial charge in [0.1, 0.15) is 0 Å². The average molecular weight is 251 g/mol. The van der Waals surface area contributed by atoms with E-state index in [1.165, 1.54) is 0 Å². The minimum atomic E-state index is -0.0490. The Hall–Kier alpha value is -1.71. The first-order valence-corrected chi connectivity index (χ1v) is 6.29. The summed E-state index contributed by atoms with van der Waals surface area (Å²) in [7, 11) is 0. The van der Waals surface area contributed by atoms with Gasteiger partial charge in [-0.05, 0) is 26.0 Å². The number of amides is 1. The van der Waals surface area contributed by atoms with Gasteiger partial charge in [-0.15, -0.1) is 0 Å². The zero-order valence-corrected chi connectivity index (χ0v) is 11.4. The summed E-state index contributed by atoms with van der Waals surface area (Å²) in [6.07, 6.45) is 0. The Morgan fingerprint density at radius 3 is 2.33 bits per heavy atom. The second-order valence-electron chi connectivity index (χ2n) is 4.17. The van der Waals surface area contributed by atoms with Crippen molar-refractivity contribution in [3.63, 3.8) is 0 Å². The standard InChI is InChI=1S/C14H21NO3/c1-5-17-12-8-7-11(9-13(12)18-6-2)15-14(16)10(3)4/h7-10H,5-6H2,1-4H3,(H,15,16). The van der Waals surface area contributed by atoms with Crippen molar-refractivity contribution in [2.24, 2.45) is 5.92 Å². The predicted molar refractivity (Wildman–Crippen MR) is 72.2 cm³/mol. The topological polar surface area (TPSA) is 47.6 Å². The van der Waals surface area contributed by atoms with Crippen molar-refractivity contribution in [1.29, 1.82) is 0 Å². The summed E-state index contributed by atoms with van der Waals surface area (Å²) in [5.41, 5.74) is 0.723. The smallest absolute Gasteiger partial charge is 0.226 e.